The molecule has 4 nitrogen and oxygen atoms in total. The van der Waals surface area contributed by atoms with Gasteiger partial charge in [-0.15, -0.1) is 0 Å². The fraction of sp³-hybridized carbons (Fsp3) is 0.208. The summed E-state index contributed by atoms with van der Waals surface area (Å²) in [6.07, 6.45) is 0. The first kappa shape index (κ1) is 19.5. The van der Waals surface area contributed by atoms with E-state index in [1.54, 1.807) is 12.1 Å². The number of hydrogen-bond acceptors (Lipinski definition) is 3. The quantitative estimate of drug-likeness (QED) is 0.580. The summed E-state index contributed by atoms with van der Waals surface area (Å²) in [6.45, 7) is 5.85. The molecule has 0 aliphatic heterocycles. The smallest absolute Gasteiger partial charge is 0.336 e. The first-order valence-electron chi connectivity index (χ1n) is 9.42. The molecule has 0 bridgehead atoms. The average molecular weight is 375 g/mol. The van der Waals surface area contributed by atoms with Crippen LogP contribution in [0.25, 0.3) is 0 Å². The van der Waals surface area contributed by atoms with Crippen molar-refractivity contribution in [3.05, 3.63) is 95.1 Å². The SMILES string of the molecule is CCN(Cc1ccccc1OCc1ccccc1)c1cccc(C(=O)O)c1C. The predicted octanol–water partition coefficient (Wildman–Crippen LogP) is 5.30. The van der Waals surface area contributed by atoms with Crippen molar-refractivity contribution >= 4 is 11.7 Å². The summed E-state index contributed by atoms with van der Waals surface area (Å²) in [7, 11) is 0. The Hall–Kier alpha value is -3.27. The van der Waals surface area contributed by atoms with Gasteiger partial charge in [0.15, 0.2) is 0 Å². The second-order valence-corrected chi connectivity index (χ2v) is 6.65. The number of benzene rings is 3. The molecule has 0 amide bonds. The molecular formula is C24H25NO3. The highest BCUT2D eigenvalue weighted by atomic mass is 16.5. The topological polar surface area (TPSA) is 49.8 Å². The molecule has 28 heavy (non-hydrogen) atoms. The first-order chi connectivity index (χ1) is 13.6. The van der Waals surface area contributed by atoms with Crippen LogP contribution >= 0.6 is 0 Å². The molecular weight excluding hydrogens is 350 g/mol. The van der Waals surface area contributed by atoms with Crippen LogP contribution in [0.2, 0.25) is 0 Å². The van der Waals surface area contributed by atoms with E-state index in [0.717, 1.165) is 34.7 Å². The Balaban J connectivity index is 1.82. The highest BCUT2D eigenvalue weighted by Gasteiger charge is 2.16. The lowest BCUT2D eigenvalue weighted by Gasteiger charge is -2.26. The Labute approximate surface area is 166 Å². The number of hydrogen-bond donors (Lipinski definition) is 1. The van der Waals surface area contributed by atoms with Gasteiger partial charge in [0, 0.05) is 24.3 Å². The van der Waals surface area contributed by atoms with Crippen molar-refractivity contribution in [1.82, 2.24) is 0 Å². The van der Waals surface area contributed by atoms with Gasteiger partial charge in [0.25, 0.3) is 0 Å². The maximum Gasteiger partial charge on any atom is 0.336 e. The number of carboxylic acid groups (broad SMARTS) is 1. The Kier molecular flexibility index (Phi) is 6.33. The molecule has 0 saturated heterocycles. The van der Waals surface area contributed by atoms with E-state index in [1.165, 1.54) is 0 Å². The molecule has 0 radical (unpaired) electrons. The van der Waals surface area contributed by atoms with E-state index in [4.69, 9.17) is 4.74 Å². The zero-order chi connectivity index (χ0) is 19.9. The monoisotopic (exact) mass is 375 g/mol. The number of carboxylic acids is 1. The van der Waals surface area contributed by atoms with E-state index >= 15 is 0 Å². The van der Waals surface area contributed by atoms with Crippen molar-refractivity contribution < 1.29 is 14.6 Å². The number of carbonyl (C=O) groups is 1. The first-order valence-corrected chi connectivity index (χ1v) is 9.42. The third kappa shape index (κ3) is 4.52. The van der Waals surface area contributed by atoms with Crippen LogP contribution in [-0.2, 0) is 13.2 Å². The fourth-order valence-electron chi connectivity index (χ4n) is 3.28. The van der Waals surface area contributed by atoms with E-state index < -0.39 is 5.97 Å². The van der Waals surface area contributed by atoms with E-state index in [-0.39, 0.29) is 0 Å². The molecule has 1 N–H and O–H groups in total. The van der Waals surface area contributed by atoms with E-state index in [1.807, 2.05) is 61.5 Å². The average Bonchev–Trinajstić information content (AvgIpc) is 2.72. The number of aromatic carboxylic acids is 1. The fourth-order valence-corrected chi connectivity index (χ4v) is 3.28. The molecule has 0 fully saturated rings. The lowest BCUT2D eigenvalue weighted by molar-refractivity contribution is 0.0696. The molecule has 0 aliphatic rings. The molecule has 3 aromatic carbocycles. The maximum atomic E-state index is 11.5. The highest BCUT2D eigenvalue weighted by Crippen LogP contribution is 2.28. The Bertz CT molecular complexity index is 938. The van der Waals surface area contributed by atoms with Gasteiger partial charge in [-0.25, -0.2) is 4.79 Å². The van der Waals surface area contributed by atoms with Crippen molar-refractivity contribution in [3.8, 4) is 5.75 Å². The second kappa shape index (κ2) is 9.09. The zero-order valence-electron chi connectivity index (χ0n) is 16.3. The van der Waals surface area contributed by atoms with Crippen LogP contribution in [-0.4, -0.2) is 17.6 Å². The molecule has 0 aromatic heterocycles. The molecule has 0 aliphatic carbocycles. The van der Waals surface area contributed by atoms with Gasteiger partial charge in [0.05, 0.1) is 5.56 Å². The lowest BCUT2D eigenvalue weighted by atomic mass is 10.1. The highest BCUT2D eigenvalue weighted by molar-refractivity contribution is 5.91. The third-order valence-corrected chi connectivity index (χ3v) is 4.83. The van der Waals surface area contributed by atoms with Crippen molar-refractivity contribution in [3.63, 3.8) is 0 Å². The summed E-state index contributed by atoms with van der Waals surface area (Å²) in [6, 6.07) is 23.5. The van der Waals surface area contributed by atoms with E-state index in [9.17, 15) is 9.90 Å². The normalized spacial score (nSPS) is 10.5. The van der Waals surface area contributed by atoms with Crippen LogP contribution in [0, 0.1) is 6.92 Å². The number of anilines is 1. The van der Waals surface area contributed by atoms with Gasteiger partial charge in [-0.1, -0.05) is 54.6 Å². The van der Waals surface area contributed by atoms with Crippen LogP contribution in [0.5, 0.6) is 5.75 Å². The largest absolute Gasteiger partial charge is 0.489 e. The van der Waals surface area contributed by atoms with Crippen LogP contribution in [0.1, 0.15) is 34.0 Å². The Morgan fingerprint density at radius 2 is 1.68 bits per heavy atom. The molecule has 3 rings (SSSR count). The van der Waals surface area contributed by atoms with Gasteiger partial charge in [-0.2, -0.15) is 0 Å². The third-order valence-electron chi connectivity index (χ3n) is 4.83. The molecule has 144 valence electrons. The minimum absolute atomic E-state index is 0.338. The number of rotatable bonds is 8. The van der Waals surface area contributed by atoms with Crippen molar-refractivity contribution in [2.75, 3.05) is 11.4 Å². The standard InChI is InChI=1S/C24H25NO3/c1-3-25(22-14-9-13-21(18(22)2)24(26)27)16-20-12-7-8-15-23(20)28-17-19-10-5-4-6-11-19/h4-15H,3,16-17H2,1-2H3,(H,26,27). The summed E-state index contributed by atoms with van der Waals surface area (Å²) >= 11 is 0. The lowest BCUT2D eigenvalue weighted by Crippen LogP contribution is -2.24. The van der Waals surface area contributed by atoms with Gasteiger partial charge in [0.1, 0.15) is 12.4 Å². The van der Waals surface area contributed by atoms with Gasteiger partial charge >= 0.3 is 5.97 Å². The zero-order valence-corrected chi connectivity index (χ0v) is 16.3. The van der Waals surface area contributed by atoms with Crippen molar-refractivity contribution in [2.45, 2.75) is 27.0 Å². The minimum atomic E-state index is -0.901. The van der Waals surface area contributed by atoms with Gasteiger partial charge in [0.2, 0.25) is 0 Å². The Morgan fingerprint density at radius 3 is 2.39 bits per heavy atom. The summed E-state index contributed by atoms with van der Waals surface area (Å²) in [5, 5.41) is 9.42. The second-order valence-electron chi connectivity index (χ2n) is 6.65. The van der Waals surface area contributed by atoms with Crippen LogP contribution in [0.15, 0.2) is 72.8 Å². The summed E-state index contributed by atoms with van der Waals surface area (Å²) in [5.74, 6) is -0.0566. The molecule has 3 aromatic rings. The molecule has 4 heteroatoms. The van der Waals surface area contributed by atoms with Crippen LogP contribution < -0.4 is 9.64 Å². The van der Waals surface area contributed by atoms with Crippen molar-refractivity contribution in [2.24, 2.45) is 0 Å². The van der Waals surface area contributed by atoms with Crippen molar-refractivity contribution in [1.29, 1.82) is 0 Å². The predicted molar refractivity (Wildman–Crippen MR) is 112 cm³/mol. The van der Waals surface area contributed by atoms with Gasteiger partial charge < -0.3 is 14.7 Å². The molecule has 0 unspecified atom stereocenters. The summed E-state index contributed by atoms with van der Waals surface area (Å²) < 4.78 is 6.08. The minimum Gasteiger partial charge on any atom is -0.489 e. The van der Waals surface area contributed by atoms with Gasteiger partial charge in [-0.05, 0) is 43.2 Å². The summed E-state index contributed by atoms with van der Waals surface area (Å²) in [5.41, 5.74) is 4.24. The number of para-hydroxylation sites is 1. The van der Waals surface area contributed by atoms with Crippen LogP contribution in [0.3, 0.4) is 0 Å². The number of ether oxygens (including phenoxy) is 1. The summed E-state index contributed by atoms with van der Waals surface area (Å²) in [4.78, 5) is 13.7. The molecule has 0 atom stereocenters. The van der Waals surface area contributed by atoms with E-state index in [0.29, 0.717) is 18.7 Å². The van der Waals surface area contributed by atoms with Crippen LogP contribution in [0.4, 0.5) is 5.69 Å². The number of nitrogens with zero attached hydrogens (tertiary/aromatic N) is 1. The van der Waals surface area contributed by atoms with E-state index in [2.05, 4.69) is 17.9 Å². The molecule has 0 heterocycles. The molecule has 0 saturated carbocycles. The maximum absolute atomic E-state index is 11.5. The molecule has 0 spiro atoms. The Morgan fingerprint density at radius 1 is 0.964 bits per heavy atom. The van der Waals surface area contributed by atoms with Gasteiger partial charge in [-0.3, -0.25) is 0 Å².